The third-order valence-corrected chi connectivity index (χ3v) is 3.89. The highest BCUT2D eigenvalue weighted by atomic mass is 16.3. The van der Waals surface area contributed by atoms with Crippen molar-refractivity contribution in [3.8, 4) is 0 Å². The van der Waals surface area contributed by atoms with Crippen molar-refractivity contribution >= 4 is 5.91 Å². The van der Waals surface area contributed by atoms with Crippen molar-refractivity contribution in [1.29, 1.82) is 0 Å². The Morgan fingerprint density at radius 3 is 2.73 bits per heavy atom. The molecule has 0 radical (unpaired) electrons. The van der Waals surface area contributed by atoms with E-state index in [2.05, 4.69) is 9.88 Å². The predicted octanol–water partition coefficient (Wildman–Crippen LogP) is 1.17. The Bertz CT molecular complexity index is 592. The fraction of sp³-hybridized carbons (Fsp3) is 0.375. The van der Waals surface area contributed by atoms with Gasteiger partial charge < -0.3 is 14.4 Å². The maximum atomic E-state index is 12.2. The number of carbonyl (C=O) groups is 1. The fourth-order valence-corrected chi connectivity index (χ4v) is 2.61. The number of nitrogens with zero attached hydrogens (tertiary/aromatic N) is 3. The highest BCUT2D eigenvalue weighted by Crippen LogP contribution is 2.15. The molecule has 0 bridgehead atoms. The SMILES string of the molecule is O=C(c1ccco1)N1CCN(CC(O)c2cccnc2)CC1. The number of β-amino-alcohol motifs (C(OH)–C–C–N with tert-alkyl or cyclic N) is 1. The van der Waals surface area contributed by atoms with Gasteiger partial charge in [-0.15, -0.1) is 0 Å². The van der Waals surface area contributed by atoms with Gasteiger partial charge in [-0.3, -0.25) is 14.7 Å². The van der Waals surface area contributed by atoms with Gasteiger partial charge in [0.1, 0.15) is 0 Å². The van der Waals surface area contributed by atoms with E-state index in [1.165, 1.54) is 6.26 Å². The Labute approximate surface area is 129 Å². The molecule has 0 saturated carbocycles. The zero-order chi connectivity index (χ0) is 15.4. The molecule has 0 aliphatic carbocycles. The van der Waals surface area contributed by atoms with Gasteiger partial charge in [0.25, 0.3) is 5.91 Å². The van der Waals surface area contributed by atoms with Crippen molar-refractivity contribution in [2.24, 2.45) is 0 Å². The van der Waals surface area contributed by atoms with E-state index < -0.39 is 6.10 Å². The molecule has 1 aliphatic rings. The molecular formula is C16H19N3O3. The van der Waals surface area contributed by atoms with Crippen LogP contribution in [-0.2, 0) is 0 Å². The number of aliphatic hydroxyl groups is 1. The van der Waals surface area contributed by atoms with Gasteiger partial charge in [-0.1, -0.05) is 6.07 Å². The number of furan rings is 1. The normalized spacial score (nSPS) is 17.4. The summed E-state index contributed by atoms with van der Waals surface area (Å²) in [6.07, 6.45) is 4.32. The zero-order valence-electron chi connectivity index (χ0n) is 12.3. The van der Waals surface area contributed by atoms with Crippen molar-refractivity contribution in [3.63, 3.8) is 0 Å². The van der Waals surface area contributed by atoms with Crippen LogP contribution in [0.4, 0.5) is 0 Å². The van der Waals surface area contributed by atoms with Crippen LogP contribution >= 0.6 is 0 Å². The van der Waals surface area contributed by atoms with Crippen LogP contribution in [0.3, 0.4) is 0 Å². The third-order valence-electron chi connectivity index (χ3n) is 3.89. The summed E-state index contributed by atoms with van der Waals surface area (Å²) in [6.45, 7) is 3.31. The molecule has 2 aromatic rings. The minimum atomic E-state index is -0.555. The molecule has 1 aliphatic heterocycles. The molecule has 1 amide bonds. The lowest BCUT2D eigenvalue weighted by Crippen LogP contribution is -2.49. The number of hydrogen-bond acceptors (Lipinski definition) is 5. The lowest BCUT2D eigenvalue weighted by atomic mass is 10.1. The molecule has 1 fully saturated rings. The Kier molecular flexibility index (Phi) is 4.50. The van der Waals surface area contributed by atoms with Gasteiger partial charge in [-0.25, -0.2) is 0 Å². The molecule has 116 valence electrons. The van der Waals surface area contributed by atoms with Gasteiger partial charge in [0.2, 0.25) is 0 Å². The third kappa shape index (κ3) is 3.35. The van der Waals surface area contributed by atoms with Crippen LogP contribution in [0.15, 0.2) is 47.3 Å². The maximum absolute atomic E-state index is 12.2. The number of piperazine rings is 1. The lowest BCUT2D eigenvalue weighted by Gasteiger charge is -2.35. The van der Waals surface area contributed by atoms with E-state index >= 15 is 0 Å². The first-order valence-corrected chi connectivity index (χ1v) is 7.37. The summed E-state index contributed by atoms with van der Waals surface area (Å²) < 4.78 is 5.15. The number of rotatable bonds is 4. The minimum Gasteiger partial charge on any atom is -0.459 e. The van der Waals surface area contributed by atoms with Crippen LogP contribution < -0.4 is 0 Å². The molecule has 0 aromatic carbocycles. The average molecular weight is 301 g/mol. The smallest absolute Gasteiger partial charge is 0.289 e. The highest BCUT2D eigenvalue weighted by molar-refractivity contribution is 5.91. The Hall–Kier alpha value is -2.18. The Morgan fingerprint density at radius 1 is 1.27 bits per heavy atom. The van der Waals surface area contributed by atoms with Crippen molar-refractivity contribution in [2.45, 2.75) is 6.10 Å². The summed E-state index contributed by atoms with van der Waals surface area (Å²) in [6, 6.07) is 7.08. The van der Waals surface area contributed by atoms with Crippen LogP contribution in [0.25, 0.3) is 0 Å². The maximum Gasteiger partial charge on any atom is 0.289 e. The second-order valence-corrected chi connectivity index (χ2v) is 5.37. The first kappa shape index (κ1) is 14.7. The highest BCUT2D eigenvalue weighted by Gasteiger charge is 2.24. The van der Waals surface area contributed by atoms with E-state index in [4.69, 9.17) is 4.42 Å². The number of amides is 1. The largest absolute Gasteiger partial charge is 0.459 e. The molecule has 6 heteroatoms. The van der Waals surface area contributed by atoms with Crippen molar-refractivity contribution < 1.29 is 14.3 Å². The molecule has 1 atom stereocenters. The topological polar surface area (TPSA) is 69.8 Å². The minimum absolute atomic E-state index is 0.0718. The van der Waals surface area contributed by atoms with Crippen LogP contribution in [0.1, 0.15) is 22.2 Å². The van der Waals surface area contributed by atoms with Gasteiger partial charge in [-0.2, -0.15) is 0 Å². The van der Waals surface area contributed by atoms with Crippen LogP contribution in [0.5, 0.6) is 0 Å². The molecule has 22 heavy (non-hydrogen) atoms. The quantitative estimate of drug-likeness (QED) is 0.918. The van der Waals surface area contributed by atoms with Crippen molar-refractivity contribution in [2.75, 3.05) is 32.7 Å². The van der Waals surface area contributed by atoms with Gasteiger partial charge in [0.05, 0.1) is 12.4 Å². The Morgan fingerprint density at radius 2 is 2.09 bits per heavy atom. The fourth-order valence-electron chi connectivity index (χ4n) is 2.61. The molecule has 2 aromatic heterocycles. The molecular weight excluding hydrogens is 282 g/mol. The van der Waals surface area contributed by atoms with Gasteiger partial charge in [0.15, 0.2) is 5.76 Å². The van der Waals surface area contributed by atoms with Gasteiger partial charge in [0, 0.05) is 50.7 Å². The summed E-state index contributed by atoms with van der Waals surface area (Å²) in [5.41, 5.74) is 0.816. The van der Waals surface area contributed by atoms with Crippen LogP contribution in [-0.4, -0.2) is 58.5 Å². The number of aromatic nitrogens is 1. The monoisotopic (exact) mass is 301 g/mol. The zero-order valence-corrected chi connectivity index (χ0v) is 12.3. The molecule has 1 unspecified atom stereocenters. The Balaban J connectivity index is 1.51. The van der Waals surface area contributed by atoms with E-state index in [0.717, 1.165) is 18.7 Å². The predicted molar refractivity (Wildman–Crippen MR) is 80.2 cm³/mol. The first-order valence-electron chi connectivity index (χ1n) is 7.37. The molecule has 1 saturated heterocycles. The first-order chi connectivity index (χ1) is 10.7. The van der Waals surface area contributed by atoms with E-state index in [9.17, 15) is 9.90 Å². The number of carbonyl (C=O) groups excluding carboxylic acids is 1. The van der Waals surface area contributed by atoms with Gasteiger partial charge >= 0.3 is 0 Å². The molecule has 6 nitrogen and oxygen atoms in total. The molecule has 3 rings (SSSR count). The van der Waals surface area contributed by atoms with E-state index in [1.54, 1.807) is 29.4 Å². The van der Waals surface area contributed by atoms with E-state index in [0.29, 0.717) is 25.4 Å². The molecule has 3 heterocycles. The summed E-state index contributed by atoms with van der Waals surface area (Å²) in [4.78, 5) is 20.1. The van der Waals surface area contributed by atoms with E-state index in [1.807, 2.05) is 12.1 Å². The van der Waals surface area contributed by atoms with E-state index in [-0.39, 0.29) is 5.91 Å². The standard InChI is InChI=1S/C16H19N3O3/c20-14(13-3-1-5-17-11-13)12-18-6-8-19(9-7-18)16(21)15-4-2-10-22-15/h1-5,10-11,14,20H,6-9,12H2. The number of hydrogen-bond donors (Lipinski definition) is 1. The van der Waals surface area contributed by atoms with Crippen LogP contribution in [0, 0.1) is 0 Å². The van der Waals surface area contributed by atoms with Gasteiger partial charge in [-0.05, 0) is 18.2 Å². The van der Waals surface area contributed by atoms with Crippen molar-refractivity contribution in [1.82, 2.24) is 14.8 Å². The van der Waals surface area contributed by atoms with Crippen molar-refractivity contribution in [3.05, 3.63) is 54.2 Å². The second kappa shape index (κ2) is 6.72. The summed E-state index contributed by atoms with van der Waals surface area (Å²) in [7, 11) is 0. The van der Waals surface area contributed by atoms with Crippen LogP contribution in [0.2, 0.25) is 0 Å². The lowest BCUT2D eigenvalue weighted by molar-refractivity contribution is 0.0503. The summed E-state index contributed by atoms with van der Waals surface area (Å²) in [5.74, 6) is 0.307. The molecule has 1 N–H and O–H groups in total. The number of pyridine rings is 1. The summed E-state index contributed by atoms with van der Waals surface area (Å²) in [5, 5.41) is 10.2. The second-order valence-electron chi connectivity index (χ2n) is 5.37. The average Bonchev–Trinajstić information content (AvgIpc) is 3.10. The number of aliphatic hydroxyl groups excluding tert-OH is 1. The molecule has 0 spiro atoms. The summed E-state index contributed by atoms with van der Waals surface area (Å²) >= 11 is 0.